The van der Waals surface area contributed by atoms with Gasteiger partial charge in [0.25, 0.3) is 0 Å². The van der Waals surface area contributed by atoms with E-state index in [-0.39, 0.29) is 11.4 Å². The highest BCUT2D eigenvalue weighted by atomic mass is 19.2. The number of nitrogens with one attached hydrogen (secondary N) is 1. The molecule has 0 aliphatic rings. The largest absolute Gasteiger partial charge is 0.327 e. The third kappa shape index (κ3) is 3.35. The van der Waals surface area contributed by atoms with Crippen LogP contribution in [-0.4, -0.2) is 14.5 Å². The summed E-state index contributed by atoms with van der Waals surface area (Å²) < 4.78 is 29.9. The summed E-state index contributed by atoms with van der Waals surface area (Å²) in [4.78, 5) is 19.4. The summed E-state index contributed by atoms with van der Waals surface area (Å²) >= 11 is 0. The number of aromatic amines is 1. The van der Waals surface area contributed by atoms with Crippen molar-refractivity contribution in [1.29, 1.82) is 0 Å². The van der Waals surface area contributed by atoms with Crippen molar-refractivity contribution in [2.24, 2.45) is 0 Å². The number of hydrogen-bond donors (Lipinski definition) is 1. The van der Waals surface area contributed by atoms with Crippen molar-refractivity contribution in [3.8, 4) is 11.3 Å². The van der Waals surface area contributed by atoms with Crippen LogP contribution in [0.3, 0.4) is 0 Å². The zero-order chi connectivity index (χ0) is 20.7. The smallest absolute Gasteiger partial charge is 0.248 e. The predicted molar refractivity (Wildman–Crippen MR) is 110 cm³/mol. The predicted octanol–water partition coefficient (Wildman–Crippen LogP) is 5.15. The molecule has 4 rings (SSSR count). The standard InChI is InChI=1S/C23H21F2N3O/c1-13(2)23-27-21(15-7-5-4-6-8-15)14(3)28(23)12-16-11-19(29)26-22-17(16)9-10-18(24)20(22)25/h4-11,13H,12H2,1-3H3,(H,26,29). The molecular formula is C23H21F2N3O. The number of imidazole rings is 1. The number of halogens is 2. The molecule has 148 valence electrons. The van der Waals surface area contributed by atoms with E-state index in [1.54, 1.807) is 0 Å². The van der Waals surface area contributed by atoms with Crippen LogP contribution in [0.15, 0.2) is 53.3 Å². The van der Waals surface area contributed by atoms with Crippen LogP contribution >= 0.6 is 0 Å². The van der Waals surface area contributed by atoms with Crippen molar-refractivity contribution in [2.45, 2.75) is 33.2 Å². The molecule has 1 N–H and O–H groups in total. The number of aromatic nitrogens is 3. The summed E-state index contributed by atoms with van der Waals surface area (Å²) in [6, 6.07) is 13.9. The van der Waals surface area contributed by atoms with Gasteiger partial charge in [0.05, 0.1) is 11.2 Å². The van der Waals surface area contributed by atoms with E-state index < -0.39 is 17.2 Å². The molecule has 2 aromatic carbocycles. The monoisotopic (exact) mass is 393 g/mol. The van der Waals surface area contributed by atoms with Crippen molar-refractivity contribution in [3.63, 3.8) is 0 Å². The lowest BCUT2D eigenvalue weighted by Gasteiger charge is -2.14. The molecule has 0 fully saturated rings. The number of pyridine rings is 1. The molecule has 0 bridgehead atoms. The fourth-order valence-electron chi connectivity index (χ4n) is 3.70. The highest BCUT2D eigenvalue weighted by Crippen LogP contribution is 2.29. The van der Waals surface area contributed by atoms with Crippen molar-refractivity contribution < 1.29 is 8.78 Å². The normalized spacial score (nSPS) is 11.5. The second kappa shape index (κ2) is 7.28. The van der Waals surface area contributed by atoms with Crippen molar-refractivity contribution in [2.75, 3.05) is 0 Å². The van der Waals surface area contributed by atoms with Gasteiger partial charge in [-0.05, 0) is 24.6 Å². The number of rotatable bonds is 4. The van der Waals surface area contributed by atoms with Gasteiger partial charge >= 0.3 is 0 Å². The van der Waals surface area contributed by atoms with Gasteiger partial charge in [-0.15, -0.1) is 0 Å². The maximum atomic E-state index is 14.2. The third-order valence-electron chi connectivity index (χ3n) is 5.14. The van der Waals surface area contributed by atoms with Crippen molar-refractivity contribution in [3.05, 3.63) is 87.6 Å². The average molecular weight is 393 g/mol. The zero-order valence-corrected chi connectivity index (χ0v) is 16.5. The summed E-state index contributed by atoms with van der Waals surface area (Å²) in [5, 5.41) is 0.479. The van der Waals surface area contributed by atoms with E-state index in [1.165, 1.54) is 12.1 Å². The number of benzene rings is 2. The van der Waals surface area contributed by atoms with Crippen LogP contribution in [-0.2, 0) is 6.54 Å². The van der Waals surface area contributed by atoms with Gasteiger partial charge in [0.2, 0.25) is 5.56 Å². The molecule has 0 unspecified atom stereocenters. The van der Waals surface area contributed by atoms with Gasteiger partial charge in [-0.25, -0.2) is 13.8 Å². The first-order chi connectivity index (χ1) is 13.9. The number of fused-ring (bicyclic) bond motifs is 1. The maximum Gasteiger partial charge on any atom is 0.248 e. The molecule has 0 aliphatic heterocycles. The van der Waals surface area contributed by atoms with Crippen LogP contribution in [0.1, 0.15) is 36.8 Å². The third-order valence-corrected chi connectivity index (χ3v) is 5.14. The topological polar surface area (TPSA) is 50.7 Å². The van der Waals surface area contributed by atoms with Crippen LogP contribution in [0.5, 0.6) is 0 Å². The summed E-state index contributed by atoms with van der Waals surface area (Å²) in [5.74, 6) is -1.01. The minimum absolute atomic E-state index is 0.111. The molecule has 0 spiro atoms. The van der Waals surface area contributed by atoms with Crippen LogP contribution in [0, 0.1) is 18.6 Å². The van der Waals surface area contributed by atoms with E-state index in [4.69, 9.17) is 4.98 Å². The Hall–Kier alpha value is -3.28. The average Bonchev–Trinajstić information content (AvgIpc) is 3.02. The Morgan fingerprint density at radius 1 is 1.10 bits per heavy atom. The molecule has 0 radical (unpaired) electrons. The summed E-state index contributed by atoms with van der Waals surface area (Å²) in [6.07, 6.45) is 0. The lowest BCUT2D eigenvalue weighted by molar-refractivity contribution is 0.515. The van der Waals surface area contributed by atoms with Gasteiger partial charge in [0, 0.05) is 35.2 Å². The molecular weight excluding hydrogens is 372 g/mol. The van der Waals surface area contributed by atoms with E-state index in [0.717, 1.165) is 28.8 Å². The molecule has 0 aliphatic carbocycles. The first-order valence-corrected chi connectivity index (χ1v) is 9.49. The molecule has 2 aromatic heterocycles. The first-order valence-electron chi connectivity index (χ1n) is 9.49. The zero-order valence-electron chi connectivity index (χ0n) is 16.5. The summed E-state index contributed by atoms with van der Waals surface area (Å²) in [7, 11) is 0. The van der Waals surface area contributed by atoms with Crippen LogP contribution in [0.2, 0.25) is 0 Å². The van der Waals surface area contributed by atoms with Crippen LogP contribution in [0.25, 0.3) is 22.2 Å². The Bertz CT molecular complexity index is 1260. The minimum Gasteiger partial charge on any atom is -0.327 e. The Kier molecular flexibility index (Phi) is 4.78. The van der Waals surface area contributed by atoms with Gasteiger partial charge in [0.1, 0.15) is 5.82 Å². The lowest BCUT2D eigenvalue weighted by Crippen LogP contribution is -2.13. The lowest BCUT2D eigenvalue weighted by atomic mass is 10.1. The molecule has 29 heavy (non-hydrogen) atoms. The molecule has 0 saturated heterocycles. The highest BCUT2D eigenvalue weighted by molar-refractivity contribution is 5.82. The van der Waals surface area contributed by atoms with Gasteiger partial charge in [0.15, 0.2) is 11.6 Å². The second-order valence-electron chi connectivity index (χ2n) is 7.45. The molecule has 0 saturated carbocycles. The highest BCUT2D eigenvalue weighted by Gasteiger charge is 2.19. The molecule has 0 atom stereocenters. The van der Waals surface area contributed by atoms with Crippen LogP contribution in [0.4, 0.5) is 8.78 Å². The van der Waals surface area contributed by atoms with Gasteiger partial charge in [-0.2, -0.15) is 0 Å². The quantitative estimate of drug-likeness (QED) is 0.521. The maximum absolute atomic E-state index is 14.2. The van der Waals surface area contributed by atoms with Crippen molar-refractivity contribution in [1.82, 2.24) is 14.5 Å². The molecule has 0 amide bonds. The van der Waals surface area contributed by atoms with E-state index in [9.17, 15) is 13.6 Å². The van der Waals surface area contributed by atoms with E-state index in [2.05, 4.69) is 18.8 Å². The fourth-order valence-corrected chi connectivity index (χ4v) is 3.70. The molecule has 4 aromatic rings. The molecule has 2 heterocycles. The van der Waals surface area contributed by atoms with E-state index in [0.29, 0.717) is 17.5 Å². The van der Waals surface area contributed by atoms with Crippen LogP contribution < -0.4 is 5.56 Å². The Morgan fingerprint density at radius 2 is 1.83 bits per heavy atom. The molecule has 4 nitrogen and oxygen atoms in total. The number of hydrogen-bond acceptors (Lipinski definition) is 2. The first kappa shape index (κ1) is 19.1. The Balaban J connectivity index is 1.90. The second-order valence-corrected chi connectivity index (χ2v) is 7.45. The summed E-state index contributed by atoms with van der Waals surface area (Å²) in [5.41, 5.74) is 2.87. The SMILES string of the molecule is Cc1c(-c2ccccc2)nc(C(C)C)n1Cc1cc(=O)[nH]c2c(F)c(F)ccc12. The van der Waals surface area contributed by atoms with E-state index >= 15 is 0 Å². The fraction of sp³-hybridized carbons (Fsp3) is 0.217. The molecule has 6 heteroatoms. The van der Waals surface area contributed by atoms with Crippen molar-refractivity contribution >= 4 is 10.9 Å². The van der Waals surface area contributed by atoms with Gasteiger partial charge in [-0.3, -0.25) is 4.79 Å². The Labute approximate surface area is 166 Å². The van der Waals surface area contributed by atoms with E-state index in [1.807, 2.05) is 41.8 Å². The minimum atomic E-state index is -1.04. The number of H-pyrrole nitrogens is 1. The van der Waals surface area contributed by atoms with Gasteiger partial charge in [-0.1, -0.05) is 44.2 Å². The summed E-state index contributed by atoms with van der Waals surface area (Å²) in [6.45, 7) is 6.43. The Morgan fingerprint density at radius 3 is 2.52 bits per heavy atom. The van der Waals surface area contributed by atoms with Gasteiger partial charge < -0.3 is 9.55 Å². The number of nitrogens with zero attached hydrogens (tertiary/aromatic N) is 2.